The van der Waals surface area contributed by atoms with E-state index in [0.717, 1.165) is 37.8 Å². The summed E-state index contributed by atoms with van der Waals surface area (Å²) >= 11 is 0. The van der Waals surface area contributed by atoms with E-state index in [1.54, 1.807) is 19.1 Å². The zero-order valence-corrected chi connectivity index (χ0v) is 10.2. The molecule has 1 saturated heterocycles. The molecule has 0 N–H and O–H groups in total. The third kappa shape index (κ3) is 3.05. The van der Waals surface area contributed by atoms with Gasteiger partial charge in [0.2, 0.25) is 5.91 Å². The Labute approximate surface area is 101 Å². The van der Waals surface area contributed by atoms with Crippen LogP contribution < -0.4 is 0 Å². The van der Waals surface area contributed by atoms with Gasteiger partial charge >= 0.3 is 0 Å². The van der Waals surface area contributed by atoms with Crippen LogP contribution in [0.1, 0.15) is 31.7 Å². The predicted octanol–water partition coefficient (Wildman–Crippen LogP) is 2.77. The van der Waals surface area contributed by atoms with Crippen LogP contribution in [-0.4, -0.2) is 23.4 Å². The Morgan fingerprint density at radius 1 is 1.53 bits per heavy atom. The number of hydrogen-bond donors (Lipinski definition) is 0. The van der Waals surface area contributed by atoms with Crippen LogP contribution in [0, 0.1) is 5.82 Å². The lowest BCUT2D eigenvalue weighted by Gasteiger charge is -2.23. The topological polar surface area (TPSA) is 20.3 Å². The molecule has 1 aromatic carbocycles. The molecule has 1 aliphatic rings. The summed E-state index contributed by atoms with van der Waals surface area (Å²) in [6.07, 6.45) is 3.94. The SMILES string of the molecule is CC(=O)N1CCCC1CCc1cccc(F)c1. The van der Waals surface area contributed by atoms with E-state index in [2.05, 4.69) is 0 Å². The minimum atomic E-state index is -0.183. The summed E-state index contributed by atoms with van der Waals surface area (Å²) in [6, 6.07) is 7.06. The molecule has 0 spiro atoms. The Kier molecular flexibility index (Phi) is 3.77. The monoisotopic (exact) mass is 235 g/mol. The summed E-state index contributed by atoms with van der Waals surface area (Å²) in [7, 11) is 0. The van der Waals surface area contributed by atoms with Gasteiger partial charge < -0.3 is 4.90 Å². The van der Waals surface area contributed by atoms with E-state index in [-0.39, 0.29) is 11.7 Å². The van der Waals surface area contributed by atoms with Gasteiger partial charge in [-0.1, -0.05) is 12.1 Å². The average Bonchev–Trinajstić information content (AvgIpc) is 2.74. The normalized spacial score (nSPS) is 19.6. The quantitative estimate of drug-likeness (QED) is 0.789. The van der Waals surface area contributed by atoms with E-state index in [4.69, 9.17) is 0 Å². The van der Waals surface area contributed by atoms with Crippen LogP contribution in [-0.2, 0) is 11.2 Å². The minimum Gasteiger partial charge on any atom is -0.340 e. The molecule has 1 heterocycles. The molecular weight excluding hydrogens is 217 g/mol. The first-order chi connectivity index (χ1) is 8.16. The maximum absolute atomic E-state index is 13.0. The summed E-state index contributed by atoms with van der Waals surface area (Å²) in [6.45, 7) is 2.50. The number of carbonyl (C=O) groups excluding carboxylic acids is 1. The van der Waals surface area contributed by atoms with Gasteiger partial charge in [0.25, 0.3) is 0 Å². The third-order valence-electron chi connectivity index (χ3n) is 3.44. The van der Waals surface area contributed by atoms with Gasteiger partial charge in [-0.15, -0.1) is 0 Å². The fraction of sp³-hybridized carbons (Fsp3) is 0.500. The Morgan fingerprint density at radius 2 is 2.35 bits per heavy atom. The summed E-state index contributed by atoms with van der Waals surface area (Å²) in [5, 5.41) is 0. The summed E-state index contributed by atoms with van der Waals surface area (Å²) in [5.74, 6) is -0.0240. The fourth-order valence-electron chi connectivity index (χ4n) is 2.58. The number of aryl methyl sites for hydroxylation is 1. The zero-order chi connectivity index (χ0) is 12.3. The second kappa shape index (κ2) is 5.30. The van der Waals surface area contributed by atoms with Crippen LogP contribution in [0.3, 0.4) is 0 Å². The van der Waals surface area contributed by atoms with Crippen molar-refractivity contribution in [3.05, 3.63) is 35.6 Å². The van der Waals surface area contributed by atoms with Gasteiger partial charge in [0.1, 0.15) is 5.82 Å². The molecule has 0 radical (unpaired) electrons. The molecular formula is C14H18FNO. The molecule has 1 atom stereocenters. The minimum absolute atomic E-state index is 0.159. The van der Waals surface area contributed by atoms with Crippen LogP contribution >= 0.6 is 0 Å². The summed E-state index contributed by atoms with van der Waals surface area (Å²) < 4.78 is 13.0. The predicted molar refractivity (Wildman–Crippen MR) is 65.1 cm³/mol. The molecule has 0 aliphatic carbocycles. The number of likely N-dealkylation sites (tertiary alicyclic amines) is 1. The first-order valence-corrected chi connectivity index (χ1v) is 6.18. The van der Waals surface area contributed by atoms with Gasteiger partial charge in [0.05, 0.1) is 0 Å². The molecule has 17 heavy (non-hydrogen) atoms. The van der Waals surface area contributed by atoms with Crippen LogP contribution in [0.25, 0.3) is 0 Å². The Balaban J connectivity index is 1.91. The first-order valence-electron chi connectivity index (χ1n) is 6.18. The van der Waals surface area contributed by atoms with Crippen molar-refractivity contribution in [3.63, 3.8) is 0 Å². The lowest BCUT2D eigenvalue weighted by Crippen LogP contribution is -2.33. The van der Waals surface area contributed by atoms with E-state index in [1.165, 1.54) is 6.07 Å². The Morgan fingerprint density at radius 3 is 3.06 bits per heavy atom. The number of amides is 1. The third-order valence-corrected chi connectivity index (χ3v) is 3.44. The summed E-state index contributed by atoms with van der Waals surface area (Å²) in [4.78, 5) is 13.3. The van der Waals surface area contributed by atoms with Gasteiger partial charge in [0.15, 0.2) is 0 Å². The second-order valence-electron chi connectivity index (χ2n) is 4.68. The number of halogens is 1. The van der Waals surface area contributed by atoms with Crippen molar-refractivity contribution in [1.29, 1.82) is 0 Å². The lowest BCUT2D eigenvalue weighted by atomic mass is 10.0. The molecule has 1 unspecified atom stereocenters. The molecule has 3 heteroatoms. The van der Waals surface area contributed by atoms with Crippen molar-refractivity contribution in [3.8, 4) is 0 Å². The smallest absolute Gasteiger partial charge is 0.219 e. The van der Waals surface area contributed by atoms with Crippen molar-refractivity contribution in [2.24, 2.45) is 0 Å². The van der Waals surface area contributed by atoms with Crippen molar-refractivity contribution in [1.82, 2.24) is 4.90 Å². The molecule has 92 valence electrons. The van der Waals surface area contributed by atoms with E-state index in [9.17, 15) is 9.18 Å². The molecule has 1 amide bonds. The first kappa shape index (κ1) is 12.1. The van der Waals surface area contributed by atoms with Gasteiger partial charge in [0, 0.05) is 19.5 Å². The van der Waals surface area contributed by atoms with Crippen molar-refractivity contribution in [2.45, 2.75) is 38.6 Å². The van der Waals surface area contributed by atoms with E-state index >= 15 is 0 Å². The second-order valence-corrected chi connectivity index (χ2v) is 4.68. The number of rotatable bonds is 3. The molecule has 0 bridgehead atoms. The van der Waals surface area contributed by atoms with Gasteiger partial charge in [-0.3, -0.25) is 4.79 Å². The van der Waals surface area contributed by atoms with E-state index < -0.39 is 0 Å². The van der Waals surface area contributed by atoms with Crippen LogP contribution in [0.15, 0.2) is 24.3 Å². The Hall–Kier alpha value is -1.38. The van der Waals surface area contributed by atoms with Crippen molar-refractivity contribution >= 4 is 5.91 Å². The number of nitrogens with zero attached hydrogens (tertiary/aromatic N) is 1. The van der Waals surface area contributed by atoms with Crippen LogP contribution in [0.4, 0.5) is 4.39 Å². The maximum atomic E-state index is 13.0. The molecule has 0 saturated carbocycles. The van der Waals surface area contributed by atoms with Crippen LogP contribution in [0.2, 0.25) is 0 Å². The molecule has 2 rings (SSSR count). The summed E-state index contributed by atoms with van der Waals surface area (Å²) in [5.41, 5.74) is 1.01. The number of hydrogen-bond acceptors (Lipinski definition) is 1. The largest absolute Gasteiger partial charge is 0.340 e. The average molecular weight is 235 g/mol. The number of carbonyl (C=O) groups is 1. The molecule has 1 fully saturated rings. The highest BCUT2D eigenvalue weighted by Crippen LogP contribution is 2.21. The van der Waals surface area contributed by atoms with Gasteiger partial charge in [-0.05, 0) is 43.4 Å². The van der Waals surface area contributed by atoms with E-state index in [1.807, 2.05) is 11.0 Å². The highest BCUT2D eigenvalue weighted by Gasteiger charge is 2.25. The highest BCUT2D eigenvalue weighted by atomic mass is 19.1. The van der Waals surface area contributed by atoms with Crippen molar-refractivity contribution in [2.75, 3.05) is 6.54 Å². The molecule has 1 aliphatic heterocycles. The molecule has 1 aromatic rings. The fourth-order valence-corrected chi connectivity index (χ4v) is 2.58. The maximum Gasteiger partial charge on any atom is 0.219 e. The Bertz CT molecular complexity index is 405. The van der Waals surface area contributed by atoms with Gasteiger partial charge in [-0.2, -0.15) is 0 Å². The van der Waals surface area contributed by atoms with Gasteiger partial charge in [-0.25, -0.2) is 4.39 Å². The molecule has 2 nitrogen and oxygen atoms in total. The zero-order valence-electron chi connectivity index (χ0n) is 10.2. The standard InChI is InChI=1S/C14H18FNO/c1-11(17)16-9-3-6-14(16)8-7-12-4-2-5-13(15)10-12/h2,4-5,10,14H,3,6-9H2,1H3. The van der Waals surface area contributed by atoms with Crippen LogP contribution in [0.5, 0.6) is 0 Å². The van der Waals surface area contributed by atoms with E-state index in [0.29, 0.717) is 6.04 Å². The highest BCUT2D eigenvalue weighted by molar-refractivity contribution is 5.73. The molecule has 0 aromatic heterocycles. The lowest BCUT2D eigenvalue weighted by molar-refractivity contribution is -0.129. The van der Waals surface area contributed by atoms with Crippen molar-refractivity contribution < 1.29 is 9.18 Å². The number of benzene rings is 1.